The number of halogens is 1. The summed E-state index contributed by atoms with van der Waals surface area (Å²) in [5.41, 5.74) is 6.78. The maximum absolute atomic E-state index is 12.1. The van der Waals surface area contributed by atoms with E-state index in [1.165, 1.54) is 43.8 Å². The van der Waals surface area contributed by atoms with E-state index in [-0.39, 0.29) is 16.8 Å². The van der Waals surface area contributed by atoms with Gasteiger partial charge in [0, 0.05) is 18.1 Å². The Labute approximate surface area is 125 Å². The van der Waals surface area contributed by atoms with Gasteiger partial charge in [0.05, 0.1) is 28.9 Å². The van der Waals surface area contributed by atoms with E-state index in [0.29, 0.717) is 10.7 Å². The average molecular weight is 306 g/mol. The van der Waals surface area contributed by atoms with Crippen LogP contribution in [-0.4, -0.2) is 24.0 Å². The topological polar surface area (TPSA) is 94.3 Å². The van der Waals surface area contributed by atoms with Gasteiger partial charge < -0.3 is 15.8 Å². The van der Waals surface area contributed by atoms with Crippen molar-refractivity contribution in [2.75, 3.05) is 18.2 Å². The first-order valence-corrected chi connectivity index (χ1v) is 6.29. The van der Waals surface area contributed by atoms with Crippen molar-refractivity contribution in [3.8, 4) is 0 Å². The predicted octanol–water partition coefficient (Wildman–Crippen LogP) is 2.36. The normalized spacial score (nSPS) is 10.0. The van der Waals surface area contributed by atoms with E-state index in [4.69, 9.17) is 17.3 Å². The molecule has 1 aromatic carbocycles. The summed E-state index contributed by atoms with van der Waals surface area (Å²) >= 11 is 6.00. The minimum absolute atomic E-state index is 0.219. The molecule has 0 aliphatic heterocycles. The van der Waals surface area contributed by atoms with Crippen LogP contribution in [0.3, 0.4) is 0 Å². The number of aromatic nitrogens is 1. The first-order chi connectivity index (χ1) is 10.0. The Kier molecular flexibility index (Phi) is 4.39. The van der Waals surface area contributed by atoms with Gasteiger partial charge in [0.1, 0.15) is 0 Å². The number of nitrogens with two attached hydrogens (primary N) is 1. The fourth-order valence-corrected chi connectivity index (χ4v) is 1.82. The van der Waals surface area contributed by atoms with Gasteiger partial charge in [0.15, 0.2) is 0 Å². The zero-order valence-electron chi connectivity index (χ0n) is 11.1. The maximum atomic E-state index is 12.1. The van der Waals surface area contributed by atoms with Crippen LogP contribution >= 0.6 is 11.6 Å². The minimum atomic E-state index is -0.525. The number of ether oxygens (including phenoxy) is 1. The maximum Gasteiger partial charge on any atom is 0.337 e. The third-order valence-electron chi connectivity index (χ3n) is 2.74. The molecule has 0 aliphatic carbocycles. The van der Waals surface area contributed by atoms with Crippen molar-refractivity contribution in [1.29, 1.82) is 0 Å². The highest BCUT2D eigenvalue weighted by atomic mass is 35.5. The van der Waals surface area contributed by atoms with Crippen LogP contribution in [0.2, 0.25) is 5.02 Å². The summed E-state index contributed by atoms with van der Waals surface area (Å²) in [7, 11) is 1.27. The Morgan fingerprint density at radius 2 is 2.10 bits per heavy atom. The van der Waals surface area contributed by atoms with Crippen LogP contribution in [-0.2, 0) is 4.74 Å². The molecule has 2 rings (SSSR count). The zero-order chi connectivity index (χ0) is 15.4. The molecule has 108 valence electrons. The first kappa shape index (κ1) is 14.8. The second kappa shape index (κ2) is 6.23. The lowest BCUT2D eigenvalue weighted by Gasteiger charge is -2.10. The number of hydrogen-bond acceptors (Lipinski definition) is 5. The molecule has 3 N–H and O–H groups in total. The lowest BCUT2D eigenvalue weighted by Crippen LogP contribution is -2.15. The molecule has 0 unspecified atom stereocenters. The molecule has 1 aromatic heterocycles. The number of benzene rings is 1. The van der Waals surface area contributed by atoms with Crippen molar-refractivity contribution in [3.05, 3.63) is 52.8 Å². The van der Waals surface area contributed by atoms with Crippen LogP contribution < -0.4 is 11.1 Å². The van der Waals surface area contributed by atoms with Crippen LogP contribution in [0, 0.1) is 0 Å². The molecule has 0 saturated heterocycles. The fraction of sp³-hybridized carbons (Fsp3) is 0.0714. The smallest absolute Gasteiger partial charge is 0.337 e. The molecule has 6 nitrogen and oxygen atoms in total. The van der Waals surface area contributed by atoms with Gasteiger partial charge in [-0.05, 0) is 24.3 Å². The van der Waals surface area contributed by atoms with E-state index in [0.717, 1.165) is 0 Å². The number of nitrogen functional groups attached to an aromatic ring is 1. The Morgan fingerprint density at radius 1 is 1.33 bits per heavy atom. The molecule has 1 heterocycles. The molecule has 7 heteroatoms. The molecule has 0 saturated carbocycles. The van der Waals surface area contributed by atoms with Gasteiger partial charge in [0.2, 0.25) is 0 Å². The molecule has 0 bridgehead atoms. The highest BCUT2D eigenvalue weighted by molar-refractivity contribution is 6.34. The summed E-state index contributed by atoms with van der Waals surface area (Å²) in [6, 6.07) is 5.94. The highest BCUT2D eigenvalue weighted by Crippen LogP contribution is 2.24. The summed E-state index contributed by atoms with van der Waals surface area (Å²) < 4.78 is 4.62. The van der Waals surface area contributed by atoms with Gasteiger partial charge in [-0.3, -0.25) is 9.78 Å². The molecule has 0 spiro atoms. The van der Waals surface area contributed by atoms with Crippen molar-refractivity contribution in [1.82, 2.24) is 4.98 Å². The monoisotopic (exact) mass is 305 g/mol. The van der Waals surface area contributed by atoms with Crippen molar-refractivity contribution in [2.24, 2.45) is 0 Å². The molecule has 0 atom stereocenters. The van der Waals surface area contributed by atoms with Crippen molar-refractivity contribution >= 4 is 34.9 Å². The number of carbonyl (C=O) groups is 2. The largest absolute Gasteiger partial charge is 0.465 e. The van der Waals surface area contributed by atoms with Gasteiger partial charge in [-0.25, -0.2) is 4.79 Å². The Bertz CT molecular complexity index is 704. The Balaban J connectivity index is 2.29. The number of amides is 1. The zero-order valence-corrected chi connectivity index (χ0v) is 11.8. The molecule has 0 radical (unpaired) electrons. The first-order valence-electron chi connectivity index (χ1n) is 5.91. The molecule has 1 amide bonds. The summed E-state index contributed by atoms with van der Waals surface area (Å²) in [6.45, 7) is 0. The summed E-state index contributed by atoms with van der Waals surface area (Å²) in [5, 5.41) is 2.88. The van der Waals surface area contributed by atoms with Crippen molar-refractivity contribution < 1.29 is 14.3 Å². The van der Waals surface area contributed by atoms with Crippen LogP contribution in [0.1, 0.15) is 20.7 Å². The average Bonchev–Trinajstić information content (AvgIpc) is 2.49. The number of anilines is 2. The summed E-state index contributed by atoms with van der Waals surface area (Å²) in [4.78, 5) is 27.5. The van der Waals surface area contributed by atoms with E-state index < -0.39 is 11.9 Å². The van der Waals surface area contributed by atoms with Crippen LogP contribution in [0.5, 0.6) is 0 Å². The quantitative estimate of drug-likeness (QED) is 0.849. The molecular formula is C14H12ClN3O3. The van der Waals surface area contributed by atoms with E-state index in [1.54, 1.807) is 0 Å². The Hall–Kier alpha value is -2.60. The van der Waals surface area contributed by atoms with Gasteiger partial charge in [-0.15, -0.1) is 0 Å². The predicted molar refractivity (Wildman–Crippen MR) is 79.4 cm³/mol. The van der Waals surface area contributed by atoms with Gasteiger partial charge in [-0.1, -0.05) is 11.6 Å². The van der Waals surface area contributed by atoms with Crippen molar-refractivity contribution in [2.45, 2.75) is 0 Å². The summed E-state index contributed by atoms with van der Waals surface area (Å²) in [5.74, 6) is -0.993. The van der Waals surface area contributed by atoms with E-state index in [9.17, 15) is 9.59 Å². The van der Waals surface area contributed by atoms with Crippen LogP contribution in [0.4, 0.5) is 11.4 Å². The van der Waals surface area contributed by atoms with Crippen molar-refractivity contribution in [3.63, 3.8) is 0 Å². The van der Waals surface area contributed by atoms with Gasteiger partial charge in [-0.2, -0.15) is 0 Å². The number of pyridine rings is 1. The standard InChI is InChI=1S/C14H12ClN3O3/c1-21-14(20)8-2-3-10(15)12(6-8)18-13(19)9-7-17-5-4-11(9)16/h2-7H,1H3,(H2,16,17)(H,18,19). The number of hydrogen-bond donors (Lipinski definition) is 2. The molecule has 0 aliphatic rings. The minimum Gasteiger partial charge on any atom is -0.465 e. The third-order valence-corrected chi connectivity index (χ3v) is 3.06. The molecule has 2 aromatic rings. The number of nitrogens with zero attached hydrogens (tertiary/aromatic N) is 1. The van der Waals surface area contributed by atoms with Crippen LogP contribution in [0.15, 0.2) is 36.7 Å². The molecular weight excluding hydrogens is 294 g/mol. The fourth-order valence-electron chi connectivity index (χ4n) is 1.65. The second-order valence-electron chi connectivity index (χ2n) is 4.10. The van der Waals surface area contributed by atoms with Crippen LogP contribution in [0.25, 0.3) is 0 Å². The highest BCUT2D eigenvalue weighted by Gasteiger charge is 2.14. The lowest BCUT2D eigenvalue weighted by molar-refractivity contribution is 0.0600. The Morgan fingerprint density at radius 3 is 2.76 bits per heavy atom. The number of esters is 1. The number of rotatable bonds is 3. The number of nitrogens with one attached hydrogen (secondary N) is 1. The third kappa shape index (κ3) is 3.29. The molecule has 0 fully saturated rings. The van der Waals surface area contributed by atoms with Gasteiger partial charge >= 0.3 is 5.97 Å². The second-order valence-corrected chi connectivity index (χ2v) is 4.51. The number of methoxy groups -OCH3 is 1. The summed E-state index contributed by atoms with van der Waals surface area (Å²) in [6.07, 6.45) is 2.83. The lowest BCUT2D eigenvalue weighted by atomic mass is 10.2. The van der Waals surface area contributed by atoms with E-state index in [1.807, 2.05) is 0 Å². The number of carbonyl (C=O) groups excluding carboxylic acids is 2. The SMILES string of the molecule is COC(=O)c1ccc(Cl)c(NC(=O)c2cnccc2N)c1. The van der Waals surface area contributed by atoms with E-state index >= 15 is 0 Å². The van der Waals surface area contributed by atoms with Gasteiger partial charge in [0.25, 0.3) is 5.91 Å². The van der Waals surface area contributed by atoms with E-state index in [2.05, 4.69) is 15.0 Å². The molecule has 21 heavy (non-hydrogen) atoms.